The molecule has 0 saturated carbocycles. The van der Waals surface area contributed by atoms with Crippen LogP contribution in [0.5, 0.6) is 0 Å². The molecule has 1 aromatic heterocycles. The zero-order valence-electron chi connectivity index (χ0n) is 13.8. The normalized spacial score (nSPS) is 16.0. The highest BCUT2D eigenvalue weighted by atomic mass is 16.2. The highest BCUT2D eigenvalue weighted by molar-refractivity contribution is 5.99. The first-order valence-corrected chi connectivity index (χ1v) is 8.26. The largest absolute Gasteiger partial charge is 0.351 e. The van der Waals surface area contributed by atoms with Gasteiger partial charge < -0.3 is 15.6 Å². The first-order valence-electron chi connectivity index (χ1n) is 8.26. The maximum atomic E-state index is 12.4. The van der Waals surface area contributed by atoms with E-state index in [1.54, 1.807) is 12.1 Å². The van der Waals surface area contributed by atoms with Gasteiger partial charge in [-0.2, -0.15) is 0 Å². The minimum atomic E-state index is -0.334. The van der Waals surface area contributed by atoms with Crippen molar-refractivity contribution in [1.29, 1.82) is 0 Å². The van der Waals surface area contributed by atoms with Crippen LogP contribution in [-0.2, 0) is 11.2 Å². The van der Waals surface area contributed by atoms with Crippen molar-refractivity contribution in [3.63, 3.8) is 0 Å². The Morgan fingerprint density at radius 2 is 2.04 bits per heavy atom. The summed E-state index contributed by atoms with van der Waals surface area (Å²) in [7, 11) is 0. The predicted molar refractivity (Wildman–Crippen MR) is 97.0 cm³/mol. The smallest absolute Gasteiger partial charge is 0.258 e. The number of hydrogen-bond donors (Lipinski definition) is 3. The third-order valence-corrected chi connectivity index (χ3v) is 4.52. The van der Waals surface area contributed by atoms with E-state index < -0.39 is 0 Å². The molecule has 3 N–H and O–H groups in total. The van der Waals surface area contributed by atoms with Crippen molar-refractivity contribution >= 4 is 28.4 Å². The number of nitrogens with zero attached hydrogens (tertiary/aromatic N) is 1. The number of fused-ring (bicyclic) bond motifs is 2. The molecule has 2 heterocycles. The van der Waals surface area contributed by atoms with Crippen LogP contribution in [0, 0.1) is 5.92 Å². The number of carbonyl (C=O) groups excluding carboxylic acids is 2. The van der Waals surface area contributed by atoms with Crippen molar-refractivity contribution in [2.75, 3.05) is 11.9 Å². The number of benzene rings is 2. The van der Waals surface area contributed by atoms with Crippen molar-refractivity contribution in [2.24, 2.45) is 5.92 Å². The first-order chi connectivity index (χ1) is 12.6. The topological polar surface area (TPSA) is 104 Å². The van der Waals surface area contributed by atoms with E-state index in [4.69, 9.17) is 0 Å². The van der Waals surface area contributed by atoms with Crippen LogP contribution in [0.25, 0.3) is 10.9 Å². The lowest BCUT2D eigenvalue weighted by atomic mass is 9.93. The molecule has 4 rings (SSSR count). The number of rotatable bonds is 3. The predicted octanol–water partition coefficient (Wildman–Crippen LogP) is 1.46. The molecule has 0 saturated heterocycles. The van der Waals surface area contributed by atoms with E-state index in [-0.39, 0.29) is 29.8 Å². The number of hydrogen-bond acceptors (Lipinski definition) is 4. The molecule has 1 aliphatic heterocycles. The molecular formula is C19H16N4O3. The summed E-state index contributed by atoms with van der Waals surface area (Å²) in [5.74, 6) is -0.774. The van der Waals surface area contributed by atoms with Gasteiger partial charge in [0.1, 0.15) is 0 Å². The molecular weight excluding hydrogens is 332 g/mol. The summed E-state index contributed by atoms with van der Waals surface area (Å²) in [6.07, 6.45) is 1.90. The van der Waals surface area contributed by atoms with Crippen LogP contribution in [0.1, 0.15) is 15.9 Å². The van der Waals surface area contributed by atoms with E-state index >= 15 is 0 Å². The summed E-state index contributed by atoms with van der Waals surface area (Å²) in [6.45, 7) is 0.223. The molecule has 7 nitrogen and oxygen atoms in total. The number of carbonyl (C=O) groups is 2. The average Bonchev–Trinajstić information content (AvgIpc) is 2.66. The van der Waals surface area contributed by atoms with Gasteiger partial charge in [-0.3, -0.25) is 14.4 Å². The Morgan fingerprint density at radius 3 is 2.92 bits per heavy atom. The second-order valence-electron chi connectivity index (χ2n) is 6.22. The van der Waals surface area contributed by atoms with Crippen LogP contribution in [0.4, 0.5) is 5.69 Å². The van der Waals surface area contributed by atoms with Gasteiger partial charge >= 0.3 is 0 Å². The van der Waals surface area contributed by atoms with Crippen molar-refractivity contribution < 1.29 is 9.59 Å². The lowest BCUT2D eigenvalue weighted by Crippen LogP contribution is -2.39. The molecule has 0 aliphatic carbocycles. The second-order valence-corrected chi connectivity index (χ2v) is 6.22. The fraction of sp³-hybridized carbons (Fsp3) is 0.158. The second kappa shape index (κ2) is 6.44. The molecule has 0 fully saturated rings. The number of amides is 2. The number of para-hydroxylation sites is 1. The fourth-order valence-electron chi connectivity index (χ4n) is 3.11. The molecule has 0 radical (unpaired) electrons. The van der Waals surface area contributed by atoms with Crippen molar-refractivity contribution in [1.82, 2.24) is 15.3 Å². The molecule has 1 atom stereocenters. The van der Waals surface area contributed by atoms with E-state index in [0.29, 0.717) is 22.9 Å². The van der Waals surface area contributed by atoms with Gasteiger partial charge in [0, 0.05) is 17.8 Å². The lowest BCUT2D eigenvalue weighted by molar-refractivity contribution is -0.120. The quantitative estimate of drug-likeness (QED) is 0.666. The number of anilines is 1. The third kappa shape index (κ3) is 2.95. The van der Waals surface area contributed by atoms with Gasteiger partial charge in [-0.25, -0.2) is 4.98 Å². The standard InChI is InChI=1S/C19H16N4O3/c24-17(12-5-6-16-14(8-12)19(26)22-10-21-16)20-9-13-7-11-3-1-2-4-15(11)23-18(13)25/h1-6,8,10,13H,7,9H2,(H,20,24)(H,23,25)(H,21,22,26). The van der Waals surface area contributed by atoms with Gasteiger partial charge in [0.05, 0.1) is 23.1 Å². The maximum Gasteiger partial charge on any atom is 0.258 e. The Kier molecular flexibility index (Phi) is 3.96. The molecule has 3 aromatic rings. The van der Waals surface area contributed by atoms with E-state index in [1.807, 2.05) is 24.3 Å². The summed E-state index contributed by atoms with van der Waals surface area (Å²) >= 11 is 0. The van der Waals surface area contributed by atoms with Gasteiger partial charge in [0.25, 0.3) is 11.5 Å². The molecule has 2 aromatic carbocycles. The average molecular weight is 348 g/mol. The van der Waals surface area contributed by atoms with Crippen LogP contribution < -0.4 is 16.2 Å². The van der Waals surface area contributed by atoms with E-state index in [2.05, 4.69) is 20.6 Å². The molecule has 26 heavy (non-hydrogen) atoms. The Morgan fingerprint density at radius 1 is 1.19 bits per heavy atom. The van der Waals surface area contributed by atoms with Crippen molar-refractivity contribution in [2.45, 2.75) is 6.42 Å². The van der Waals surface area contributed by atoms with Gasteiger partial charge in [-0.05, 0) is 36.2 Å². The van der Waals surface area contributed by atoms with Crippen LogP contribution >= 0.6 is 0 Å². The first kappa shape index (κ1) is 16.0. The summed E-state index contributed by atoms with van der Waals surface area (Å²) in [5.41, 5.74) is 2.45. The van der Waals surface area contributed by atoms with E-state index in [9.17, 15) is 14.4 Å². The highest BCUT2D eigenvalue weighted by Crippen LogP contribution is 2.24. The number of aromatic nitrogens is 2. The van der Waals surface area contributed by atoms with Crippen LogP contribution in [-0.4, -0.2) is 28.3 Å². The number of nitrogens with one attached hydrogen (secondary N) is 3. The number of H-pyrrole nitrogens is 1. The van der Waals surface area contributed by atoms with E-state index in [0.717, 1.165) is 11.3 Å². The Bertz CT molecular complexity index is 1070. The van der Waals surface area contributed by atoms with Crippen molar-refractivity contribution in [3.05, 3.63) is 70.3 Å². The minimum absolute atomic E-state index is 0.108. The maximum absolute atomic E-state index is 12.4. The zero-order valence-corrected chi connectivity index (χ0v) is 13.8. The Hall–Kier alpha value is -3.48. The van der Waals surface area contributed by atoms with Crippen LogP contribution in [0.15, 0.2) is 53.6 Å². The fourth-order valence-corrected chi connectivity index (χ4v) is 3.11. The van der Waals surface area contributed by atoms with E-state index in [1.165, 1.54) is 12.4 Å². The summed E-state index contributed by atoms with van der Waals surface area (Å²) in [6, 6.07) is 12.4. The third-order valence-electron chi connectivity index (χ3n) is 4.52. The molecule has 7 heteroatoms. The SMILES string of the molecule is O=C(NCC1Cc2ccccc2NC1=O)c1ccc2nc[nH]c(=O)c2c1. The molecule has 0 spiro atoms. The number of aromatic amines is 1. The molecule has 1 aliphatic rings. The zero-order chi connectivity index (χ0) is 18.1. The van der Waals surface area contributed by atoms with Crippen molar-refractivity contribution in [3.8, 4) is 0 Å². The summed E-state index contributed by atoms with van der Waals surface area (Å²) < 4.78 is 0. The molecule has 130 valence electrons. The minimum Gasteiger partial charge on any atom is -0.351 e. The summed E-state index contributed by atoms with van der Waals surface area (Å²) in [4.78, 5) is 43.0. The van der Waals surface area contributed by atoms with Gasteiger partial charge in [-0.1, -0.05) is 18.2 Å². The molecule has 0 bridgehead atoms. The Balaban J connectivity index is 1.48. The highest BCUT2D eigenvalue weighted by Gasteiger charge is 2.26. The van der Waals surface area contributed by atoms with Gasteiger partial charge in [-0.15, -0.1) is 0 Å². The summed E-state index contributed by atoms with van der Waals surface area (Å²) in [5, 5.41) is 5.99. The van der Waals surface area contributed by atoms with Gasteiger partial charge in [0.2, 0.25) is 5.91 Å². The monoisotopic (exact) mass is 348 g/mol. The lowest BCUT2D eigenvalue weighted by Gasteiger charge is -2.24. The van der Waals surface area contributed by atoms with Crippen LogP contribution in [0.2, 0.25) is 0 Å². The Labute approximate surface area is 148 Å². The molecule has 2 amide bonds. The van der Waals surface area contributed by atoms with Crippen LogP contribution in [0.3, 0.4) is 0 Å². The molecule has 1 unspecified atom stereocenters. The van der Waals surface area contributed by atoms with Gasteiger partial charge in [0.15, 0.2) is 0 Å².